The second-order valence-electron chi connectivity index (χ2n) is 5.61. The standard InChI is InChI=1S/C18H27NO/c1-6-10-18(20,11-7-2)16(5)19-13-17-9-8-14(3)15(4)12-17/h6-9,12,16,19-20H,1-2,10-11,13H2,3-5H3. The summed E-state index contributed by atoms with van der Waals surface area (Å²) in [7, 11) is 0. The number of nitrogens with one attached hydrogen (secondary N) is 1. The summed E-state index contributed by atoms with van der Waals surface area (Å²) >= 11 is 0. The second kappa shape index (κ2) is 7.41. The summed E-state index contributed by atoms with van der Waals surface area (Å²) in [5.41, 5.74) is 3.02. The van der Waals surface area contributed by atoms with Crippen LogP contribution in [0.15, 0.2) is 43.5 Å². The molecule has 20 heavy (non-hydrogen) atoms. The minimum atomic E-state index is -0.816. The smallest absolute Gasteiger partial charge is 0.0865 e. The van der Waals surface area contributed by atoms with Gasteiger partial charge in [0, 0.05) is 12.6 Å². The number of aliphatic hydroxyl groups is 1. The molecule has 110 valence electrons. The van der Waals surface area contributed by atoms with Gasteiger partial charge in [-0.2, -0.15) is 0 Å². The molecule has 0 aliphatic rings. The van der Waals surface area contributed by atoms with E-state index >= 15 is 0 Å². The van der Waals surface area contributed by atoms with E-state index in [4.69, 9.17) is 0 Å². The van der Waals surface area contributed by atoms with Gasteiger partial charge in [-0.1, -0.05) is 30.4 Å². The SMILES string of the molecule is C=CCC(O)(CC=C)C(C)NCc1ccc(C)c(C)c1. The van der Waals surface area contributed by atoms with Crippen LogP contribution in [0.25, 0.3) is 0 Å². The fraction of sp³-hybridized carbons (Fsp3) is 0.444. The maximum atomic E-state index is 10.7. The summed E-state index contributed by atoms with van der Waals surface area (Å²) in [5, 5.41) is 14.1. The molecule has 1 aromatic rings. The van der Waals surface area contributed by atoms with E-state index in [9.17, 15) is 5.11 Å². The van der Waals surface area contributed by atoms with Crippen molar-refractivity contribution in [2.75, 3.05) is 0 Å². The molecule has 0 amide bonds. The summed E-state index contributed by atoms with van der Waals surface area (Å²) in [6.07, 6.45) is 4.63. The van der Waals surface area contributed by atoms with Gasteiger partial charge in [-0.25, -0.2) is 0 Å². The highest BCUT2D eigenvalue weighted by molar-refractivity contribution is 5.29. The molecule has 0 heterocycles. The van der Waals surface area contributed by atoms with Crippen molar-refractivity contribution in [1.29, 1.82) is 0 Å². The van der Waals surface area contributed by atoms with Crippen LogP contribution in [0.2, 0.25) is 0 Å². The average Bonchev–Trinajstić information content (AvgIpc) is 2.40. The Labute approximate surface area is 123 Å². The molecule has 1 unspecified atom stereocenters. The zero-order chi connectivity index (χ0) is 15.2. The van der Waals surface area contributed by atoms with Crippen molar-refractivity contribution in [3.8, 4) is 0 Å². The Morgan fingerprint density at radius 1 is 1.20 bits per heavy atom. The lowest BCUT2D eigenvalue weighted by Crippen LogP contribution is -2.48. The zero-order valence-corrected chi connectivity index (χ0v) is 12.9. The average molecular weight is 273 g/mol. The van der Waals surface area contributed by atoms with Gasteiger partial charge in [0.15, 0.2) is 0 Å². The summed E-state index contributed by atoms with van der Waals surface area (Å²) in [6, 6.07) is 6.42. The van der Waals surface area contributed by atoms with E-state index in [0.29, 0.717) is 12.8 Å². The molecule has 0 saturated carbocycles. The number of hydrogen-bond acceptors (Lipinski definition) is 2. The van der Waals surface area contributed by atoms with Gasteiger partial charge >= 0.3 is 0 Å². The molecule has 0 aliphatic carbocycles. The van der Waals surface area contributed by atoms with Crippen LogP contribution >= 0.6 is 0 Å². The Hall–Kier alpha value is -1.38. The van der Waals surface area contributed by atoms with Gasteiger partial charge in [-0.05, 0) is 50.3 Å². The number of benzene rings is 1. The van der Waals surface area contributed by atoms with Crippen LogP contribution in [0.3, 0.4) is 0 Å². The van der Waals surface area contributed by atoms with E-state index in [1.807, 2.05) is 6.92 Å². The molecular weight excluding hydrogens is 246 g/mol. The van der Waals surface area contributed by atoms with Crippen molar-refractivity contribution in [2.45, 2.75) is 51.8 Å². The first-order chi connectivity index (χ1) is 9.42. The Balaban J connectivity index is 2.68. The first-order valence-corrected chi connectivity index (χ1v) is 7.16. The molecule has 0 fully saturated rings. The second-order valence-corrected chi connectivity index (χ2v) is 5.61. The van der Waals surface area contributed by atoms with E-state index in [0.717, 1.165) is 6.54 Å². The van der Waals surface area contributed by atoms with Crippen LogP contribution < -0.4 is 5.32 Å². The first-order valence-electron chi connectivity index (χ1n) is 7.16. The number of rotatable bonds is 8. The van der Waals surface area contributed by atoms with Gasteiger partial charge in [-0.15, -0.1) is 13.2 Å². The minimum absolute atomic E-state index is 0.0277. The minimum Gasteiger partial charge on any atom is -0.388 e. The molecule has 2 nitrogen and oxygen atoms in total. The van der Waals surface area contributed by atoms with Gasteiger partial charge < -0.3 is 10.4 Å². The molecule has 0 bridgehead atoms. The van der Waals surface area contributed by atoms with E-state index in [2.05, 4.69) is 50.5 Å². The number of aryl methyl sites for hydroxylation is 2. The lowest BCUT2D eigenvalue weighted by Gasteiger charge is -2.33. The normalized spacial score (nSPS) is 13.0. The Kier molecular flexibility index (Phi) is 6.18. The zero-order valence-electron chi connectivity index (χ0n) is 12.9. The van der Waals surface area contributed by atoms with Crippen molar-refractivity contribution in [3.63, 3.8) is 0 Å². The predicted molar refractivity (Wildman–Crippen MR) is 86.8 cm³/mol. The van der Waals surface area contributed by atoms with E-state index < -0.39 is 5.60 Å². The summed E-state index contributed by atoms with van der Waals surface area (Å²) in [6.45, 7) is 14.4. The molecule has 0 radical (unpaired) electrons. The summed E-state index contributed by atoms with van der Waals surface area (Å²) in [5.74, 6) is 0. The molecule has 0 aliphatic heterocycles. The first kappa shape index (κ1) is 16.7. The molecule has 0 saturated heterocycles. The van der Waals surface area contributed by atoms with Gasteiger partial charge in [0.25, 0.3) is 0 Å². The Morgan fingerprint density at radius 2 is 1.80 bits per heavy atom. The van der Waals surface area contributed by atoms with Gasteiger partial charge in [0.2, 0.25) is 0 Å². The van der Waals surface area contributed by atoms with E-state index in [-0.39, 0.29) is 6.04 Å². The Morgan fingerprint density at radius 3 is 2.30 bits per heavy atom. The molecule has 0 aromatic heterocycles. The van der Waals surface area contributed by atoms with Crippen molar-refractivity contribution in [2.24, 2.45) is 0 Å². The van der Waals surface area contributed by atoms with Crippen LogP contribution in [0.1, 0.15) is 36.5 Å². The summed E-state index contributed by atoms with van der Waals surface area (Å²) in [4.78, 5) is 0. The predicted octanol–water partition coefficient (Wildman–Crippen LogP) is 3.66. The fourth-order valence-electron chi connectivity index (χ4n) is 2.31. The third kappa shape index (κ3) is 4.32. The van der Waals surface area contributed by atoms with Crippen LogP contribution in [-0.2, 0) is 6.54 Å². The molecular formula is C18H27NO. The van der Waals surface area contributed by atoms with Crippen molar-refractivity contribution in [3.05, 3.63) is 60.2 Å². The maximum absolute atomic E-state index is 10.7. The third-order valence-electron chi connectivity index (χ3n) is 3.99. The third-order valence-corrected chi connectivity index (χ3v) is 3.99. The van der Waals surface area contributed by atoms with Crippen molar-refractivity contribution >= 4 is 0 Å². The van der Waals surface area contributed by atoms with Gasteiger partial charge in [0.05, 0.1) is 5.60 Å². The monoisotopic (exact) mass is 273 g/mol. The molecule has 2 N–H and O–H groups in total. The van der Waals surface area contributed by atoms with Crippen LogP contribution in [0.4, 0.5) is 0 Å². The lowest BCUT2D eigenvalue weighted by atomic mass is 9.88. The molecule has 1 atom stereocenters. The molecule has 0 spiro atoms. The van der Waals surface area contributed by atoms with E-state index in [1.54, 1.807) is 12.2 Å². The quantitative estimate of drug-likeness (QED) is 0.708. The Bertz CT molecular complexity index is 454. The van der Waals surface area contributed by atoms with Gasteiger partial charge in [-0.3, -0.25) is 0 Å². The van der Waals surface area contributed by atoms with Crippen LogP contribution in [-0.4, -0.2) is 16.7 Å². The van der Waals surface area contributed by atoms with E-state index in [1.165, 1.54) is 16.7 Å². The topological polar surface area (TPSA) is 32.3 Å². The van der Waals surface area contributed by atoms with Crippen LogP contribution in [0.5, 0.6) is 0 Å². The van der Waals surface area contributed by atoms with Crippen molar-refractivity contribution < 1.29 is 5.11 Å². The number of hydrogen-bond donors (Lipinski definition) is 2. The fourth-order valence-corrected chi connectivity index (χ4v) is 2.31. The molecule has 1 aromatic carbocycles. The van der Waals surface area contributed by atoms with Gasteiger partial charge in [0.1, 0.15) is 0 Å². The largest absolute Gasteiger partial charge is 0.388 e. The van der Waals surface area contributed by atoms with Crippen molar-refractivity contribution in [1.82, 2.24) is 5.32 Å². The molecule has 1 rings (SSSR count). The highest BCUT2D eigenvalue weighted by atomic mass is 16.3. The molecule has 2 heteroatoms. The maximum Gasteiger partial charge on any atom is 0.0865 e. The lowest BCUT2D eigenvalue weighted by molar-refractivity contribution is 0.0122. The highest BCUT2D eigenvalue weighted by Crippen LogP contribution is 2.21. The highest BCUT2D eigenvalue weighted by Gasteiger charge is 2.30. The summed E-state index contributed by atoms with van der Waals surface area (Å²) < 4.78 is 0. The van der Waals surface area contributed by atoms with Crippen LogP contribution in [0, 0.1) is 13.8 Å².